The van der Waals surface area contributed by atoms with E-state index in [1.54, 1.807) is 24.4 Å². The molecule has 172 valence electrons. The predicted molar refractivity (Wildman–Crippen MR) is 122 cm³/mol. The molecule has 0 aliphatic rings. The Morgan fingerprint density at radius 2 is 1.97 bits per heavy atom. The molecule has 32 heavy (non-hydrogen) atoms. The zero-order chi connectivity index (χ0) is 23.8. The maximum Gasteiger partial charge on any atom is 0.262 e. The van der Waals surface area contributed by atoms with E-state index in [1.807, 2.05) is 6.92 Å². The minimum Gasteiger partial charge on any atom is -0.480 e. The molecule has 0 radical (unpaired) electrons. The highest BCUT2D eigenvalue weighted by atomic mass is 32.1. The van der Waals surface area contributed by atoms with Crippen LogP contribution in [0.1, 0.15) is 43.1 Å². The molecule has 0 unspecified atom stereocenters. The van der Waals surface area contributed by atoms with Crippen molar-refractivity contribution >= 4 is 34.5 Å². The Balaban J connectivity index is 2.46. The van der Waals surface area contributed by atoms with Gasteiger partial charge in [-0.3, -0.25) is 14.5 Å². The Bertz CT molecular complexity index is 1010. The van der Waals surface area contributed by atoms with Gasteiger partial charge in [0.25, 0.3) is 5.91 Å². The summed E-state index contributed by atoms with van der Waals surface area (Å²) < 4.78 is 33.4. The Kier molecular flexibility index (Phi) is 9.01. The highest BCUT2D eigenvalue weighted by Gasteiger charge is 2.27. The number of anilines is 2. The van der Waals surface area contributed by atoms with Crippen molar-refractivity contribution in [2.75, 3.05) is 30.5 Å². The first-order valence-electron chi connectivity index (χ1n) is 9.98. The number of amides is 2. The average molecular weight is 465 g/mol. The van der Waals surface area contributed by atoms with Gasteiger partial charge in [-0.2, -0.15) is 0 Å². The number of hydrogen-bond donors (Lipinski definition) is 0. The van der Waals surface area contributed by atoms with Crippen molar-refractivity contribution < 1.29 is 23.1 Å². The van der Waals surface area contributed by atoms with E-state index in [1.165, 1.54) is 25.1 Å². The number of carbonyl (C=O) groups is 2. The van der Waals surface area contributed by atoms with Crippen molar-refractivity contribution in [1.29, 1.82) is 0 Å². The fourth-order valence-corrected chi connectivity index (χ4v) is 4.05. The van der Waals surface area contributed by atoms with Crippen LogP contribution < -0.4 is 14.5 Å². The second-order valence-corrected chi connectivity index (χ2v) is 7.66. The zero-order valence-corrected chi connectivity index (χ0v) is 19.5. The van der Waals surface area contributed by atoms with Crippen LogP contribution in [0.15, 0.2) is 40.8 Å². The summed E-state index contributed by atoms with van der Waals surface area (Å²) in [6, 6.07) is 3.15. The smallest absolute Gasteiger partial charge is 0.262 e. The number of aryl methyl sites for hydroxylation is 1. The number of rotatable bonds is 10. The average Bonchev–Trinajstić information content (AvgIpc) is 3.22. The minimum absolute atomic E-state index is 0.238. The molecule has 2 aromatic rings. The highest BCUT2D eigenvalue weighted by molar-refractivity contribution is 7.15. The van der Waals surface area contributed by atoms with E-state index in [0.29, 0.717) is 35.7 Å². The molecule has 0 bridgehead atoms. The van der Waals surface area contributed by atoms with Gasteiger partial charge in [0.1, 0.15) is 16.7 Å². The van der Waals surface area contributed by atoms with Crippen molar-refractivity contribution in [2.24, 2.45) is 0 Å². The van der Waals surface area contributed by atoms with Gasteiger partial charge < -0.3 is 9.64 Å². The lowest BCUT2D eigenvalue weighted by Gasteiger charge is -2.22. The van der Waals surface area contributed by atoms with Crippen LogP contribution in [0.25, 0.3) is 0 Å². The maximum atomic E-state index is 14.4. The SMILES string of the molecule is CC/C=C(F)\C(CN(C=O)c1scc(CC)c1C(=O)N(C)c1ccc(OC)nn1)=C(/C)F. The molecule has 0 atom stereocenters. The van der Waals surface area contributed by atoms with Gasteiger partial charge in [-0.15, -0.1) is 21.5 Å². The number of hydrogen-bond acceptors (Lipinski definition) is 6. The number of thiophene rings is 1. The fourth-order valence-electron chi connectivity index (χ4n) is 2.93. The first-order chi connectivity index (χ1) is 15.3. The van der Waals surface area contributed by atoms with Crippen LogP contribution in [0.4, 0.5) is 19.6 Å². The Labute approximate surface area is 190 Å². The fraction of sp³-hybridized carbons (Fsp3) is 0.364. The normalized spacial score (nSPS) is 12.3. The number of aromatic nitrogens is 2. The Morgan fingerprint density at radius 1 is 1.25 bits per heavy atom. The summed E-state index contributed by atoms with van der Waals surface area (Å²) in [5.41, 5.74) is 0.751. The number of allylic oxidation sites excluding steroid dienone is 2. The van der Waals surface area contributed by atoms with Gasteiger partial charge in [0.15, 0.2) is 5.82 Å². The van der Waals surface area contributed by atoms with Gasteiger partial charge in [0.2, 0.25) is 12.3 Å². The molecular weight excluding hydrogens is 438 g/mol. The van der Waals surface area contributed by atoms with Crippen LogP contribution in [0, 0.1) is 0 Å². The predicted octanol–water partition coefficient (Wildman–Crippen LogP) is 4.86. The van der Waals surface area contributed by atoms with Crippen molar-refractivity contribution in [2.45, 2.75) is 33.6 Å². The van der Waals surface area contributed by atoms with Gasteiger partial charge >= 0.3 is 0 Å². The molecule has 2 rings (SSSR count). The molecule has 7 nitrogen and oxygen atoms in total. The second-order valence-electron chi connectivity index (χ2n) is 6.80. The van der Waals surface area contributed by atoms with E-state index in [4.69, 9.17) is 4.74 Å². The lowest BCUT2D eigenvalue weighted by molar-refractivity contribution is -0.107. The zero-order valence-electron chi connectivity index (χ0n) is 18.7. The quantitative estimate of drug-likeness (QED) is 0.371. The van der Waals surface area contributed by atoms with Crippen LogP contribution in [0.5, 0.6) is 5.88 Å². The molecule has 0 spiro atoms. The number of nitrogens with zero attached hydrogens (tertiary/aromatic N) is 4. The molecule has 2 heterocycles. The number of halogens is 2. The summed E-state index contributed by atoms with van der Waals surface area (Å²) in [4.78, 5) is 27.7. The van der Waals surface area contributed by atoms with E-state index in [0.717, 1.165) is 23.2 Å². The summed E-state index contributed by atoms with van der Waals surface area (Å²) in [5.74, 6) is -1.30. The van der Waals surface area contributed by atoms with Crippen molar-refractivity contribution in [3.8, 4) is 5.88 Å². The molecule has 0 fully saturated rings. The number of carbonyl (C=O) groups excluding carboxylic acids is 2. The monoisotopic (exact) mass is 464 g/mol. The second kappa shape index (κ2) is 11.5. The standard InChI is InChI=1S/C22H26F2N4O3S/c1-6-8-17(24)16(14(3)23)11-28(13-29)22-20(15(7-2)12-32-22)21(30)27(4)18-9-10-19(31-5)26-25-18/h8-10,12-13H,6-7,11H2,1-5H3/b16-14+,17-8+. The lowest BCUT2D eigenvalue weighted by atomic mass is 10.1. The summed E-state index contributed by atoms with van der Waals surface area (Å²) in [6.45, 7) is 4.39. The summed E-state index contributed by atoms with van der Waals surface area (Å²) in [7, 11) is 2.99. The van der Waals surface area contributed by atoms with Gasteiger partial charge in [-0.25, -0.2) is 8.78 Å². The lowest BCUT2D eigenvalue weighted by Crippen LogP contribution is -2.31. The molecule has 0 saturated carbocycles. The minimum atomic E-state index is -0.732. The molecule has 0 N–H and O–H groups in total. The van der Waals surface area contributed by atoms with E-state index in [2.05, 4.69) is 10.2 Å². The topological polar surface area (TPSA) is 75.6 Å². The van der Waals surface area contributed by atoms with E-state index >= 15 is 0 Å². The highest BCUT2D eigenvalue weighted by Crippen LogP contribution is 2.34. The first-order valence-corrected chi connectivity index (χ1v) is 10.9. The van der Waals surface area contributed by atoms with E-state index < -0.39 is 17.6 Å². The molecule has 2 amide bonds. The third kappa shape index (κ3) is 5.56. The molecule has 0 aliphatic heterocycles. The molecular formula is C22H26F2N4O3S. The van der Waals surface area contributed by atoms with Crippen molar-refractivity contribution in [3.63, 3.8) is 0 Å². The van der Waals surface area contributed by atoms with Gasteiger partial charge in [-0.05, 0) is 42.9 Å². The van der Waals surface area contributed by atoms with Crippen LogP contribution in [-0.2, 0) is 11.2 Å². The number of methoxy groups -OCH3 is 1. The first kappa shape index (κ1) is 25.1. The van der Waals surface area contributed by atoms with Crippen LogP contribution in [-0.4, -0.2) is 43.2 Å². The molecule has 2 aromatic heterocycles. The largest absolute Gasteiger partial charge is 0.480 e. The van der Waals surface area contributed by atoms with E-state index in [-0.39, 0.29) is 23.5 Å². The van der Waals surface area contributed by atoms with Crippen molar-refractivity contribution in [1.82, 2.24) is 10.2 Å². The van der Waals surface area contributed by atoms with Crippen LogP contribution in [0.3, 0.4) is 0 Å². The molecule has 10 heteroatoms. The van der Waals surface area contributed by atoms with Crippen LogP contribution in [0.2, 0.25) is 0 Å². The van der Waals surface area contributed by atoms with E-state index in [9.17, 15) is 18.4 Å². The Morgan fingerprint density at radius 3 is 2.47 bits per heavy atom. The maximum absolute atomic E-state index is 14.4. The third-order valence-corrected chi connectivity index (χ3v) is 5.79. The third-order valence-electron chi connectivity index (χ3n) is 4.73. The Hall–Kier alpha value is -3.14. The van der Waals surface area contributed by atoms with Crippen LogP contribution >= 0.6 is 11.3 Å². The molecule has 0 aliphatic carbocycles. The summed E-state index contributed by atoms with van der Waals surface area (Å²) >= 11 is 1.16. The van der Waals surface area contributed by atoms with Gasteiger partial charge in [-0.1, -0.05) is 13.8 Å². The van der Waals surface area contributed by atoms with Gasteiger partial charge in [0.05, 0.1) is 19.2 Å². The van der Waals surface area contributed by atoms with Crippen molar-refractivity contribution in [3.05, 3.63) is 51.9 Å². The molecule has 0 aromatic carbocycles. The van der Waals surface area contributed by atoms with Gasteiger partial charge in [0, 0.05) is 18.7 Å². The number of ether oxygens (including phenoxy) is 1. The molecule has 0 saturated heterocycles. The summed E-state index contributed by atoms with van der Waals surface area (Å²) in [5, 5.41) is 9.91. The summed E-state index contributed by atoms with van der Waals surface area (Å²) in [6.07, 6.45) is 2.62.